The first-order chi connectivity index (χ1) is 16.9. The average molecular weight is 488 g/mol. The lowest BCUT2D eigenvalue weighted by molar-refractivity contribution is -0.132. The number of benzene rings is 1. The van der Waals surface area contributed by atoms with Gasteiger partial charge in [-0.1, -0.05) is 25.3 Å². The van der Waals surface area contributed by atoms with Crippen molar-refractivity contribution in [1.29, 1.82) is 0 Å². The molecule has 1 saturated carbocycles. The van der Waals surface area contributed by atoms with Crippen LogP contribution in [0.2, 0.25) is 0 Å². The summed E-state index contributed by atoms with van der Waals surface area (Å²) in [6, 6.07) is 5.60. The van der Waals surface area contributed by atoms with E-state index in [4.69, 9.17) is 0 Å². The first-order valence-electron chi connectivity index (χ1n) is 12.5. The highest BCUT2D eigenvalue weighted by atomic mass is 19.2. The molecule has 5 nitrogen and oxygen atoms in total. The van der Waals surface area contributed by atoms with E-state index in [0.717, 1.165) is 49.8 Å². The number of carbonyl (C=O) groups excluding carboxylic acids is 2. The van der Waals surface area contributed by atoms with Gasteiger partial charge >= 0.3 is 0 Å². The second-order valence-electron chi connectivity index (χ2n) is 9.70. The number of halogens is 3. The van der Waals surface area contributed by atoms with Crippen LogP contribution in [0.25, 0.3) is 0 Å². The van der Waals surface area contributed by atoms with Gasteiger partial charge in [0.15, 0.2) is 17.5 Å². The molecule has 2 aliphatic rings. The number of amides is 2. The largest absolute Gasteiger partial charge is 0.353 e. The first-order valence-corrected chi connectivity index (χ1v) is 12.5. The average Bonchev–Trinajstić information content (AvgIpc) is 2.87. The van der Waals surface area contributed by atoms with Crippen LogP contribution in [0.15, 0.2) is 36.7 Å². The molecule has 1 saturated heterocycles. The zero-order chi connectivity index (χ0) is 24.8. The fourth-order valence-corrected chi connectivity index (χ4v) is 5.38. The molecular formula is C27H32F3N3O2. The number of likely N-dealkylation sites (tertiary alicyclic amines) is 1. The molecule has 4 rings (SSSR count). The van der Waals surface area contributed by atoms with Crippen LogP contribution in [-0.2, 0) is 16.0 Å². The summed E-state index contributed by atoms with van der Waals surface area (Å²) >= 11 is 0. The van der Waals surface area contributed by atoms with Crippen LogP contribution in [-0.4, -0.2) is 40.8 Å². The molecule has 1 atom stereocenters. The van der Waals surface area contributed by atoms with Crippen molar-refractivity contribution in [1.82, 2.24) is 15.2 Å². The van der Waals surface area contributed by atoms with E-state index >= 15 is 0 Å². The molecule has 1 aliphatic carbocycles. The Balaban J connectivity index is 1.36. The van der Waals surface area contributed by atoms with Gasteiger partial charge in [-0.15, -0.1) is 0 Å². The normalized spacial score (nSPS) is 18.3. The van der Waals surface area contributed by atoms with Crippen LogP contribution < -0.4 is 5.32 Å². The third-order valence-electron chi connectivity index (χ3n) is 7.31. The molecule has 1 N–H and O–H groups in total. The van der Waals surface area contributed by atoms with Gasteiger partial charge in [0.25, 0.3) is 0 Å². The van der Waals surface area contributed by atoms with Gasteiger partial charge in [-0.05, 0) is 67.3 Å². The number of piperidine rings is 1. The third-order valence-corrected chi connectivity index (χ3v) is 7.31. The fraction of sp³-hybridized carbons (Fsp3) is 0.519. The molecule has 2 fully saturated rings. The van der Waals surface area contributed by atoms with E-state index < -0.39 is 23.4 Å². The van der Waals surface area contributed by atoms with Crippen molar-refractivity contribution in [2.75, 3.05) is 13.1 Å². The van der Waals surface area contributed by atoms with Gasteiger partial charge < -0.3 is 10.2 Å². The highest BCUT2D eigenvalue weighted by molar-refractivity contribution is 5.84. The molecule has 1 aromatic carbocycles. The number of nitrogens with one attached hydrogen (secondary N) is 1. The minimum Gasteiger partial charge on any atom is -0.353 e. The van der Waals surface area contributed by atoms with Gasteiger partial charge in [-0.2, -0.15) is 0 Å². The number of nitrogens with zero attached hydrogens (tertiary/aromatic N) is 2. The summed E-state index contributed by atoms with van der Waals surface area (Å²) in [4.78, 5) is 31.9. The van der Waals surface area contributed by atoms with Crippen molar-refractivity contribution in [3.8, 4) is 0 Å². The molecule has 0 radical (unpaired) electrons. The number of rotatable bonds is 7. The highest BCUT2D eigenvalue weighted by Crippen LogP contribution is 2.37. The van der Waals surface area contributed by atoms with E-state index in [1.54, 1.807) is 12.4 Å². The van der Waals surface area contributed by atoms with Crippen LogP contribution >= 0.6 is 0 Å². The van der Waals surface area contributed by atoms with Gasteiger partial charge in [-0.3, -0.25) is 14.6 Å². The summed E-state index contributed by atoms with van der Waals surface area (Å²) in [7, 11) is 0. The fourth-order valence-electron chi connectivity index (χ4n) is 5.38. The number of hydrogen-bond donors (Lipinski definition) is 1. The van der Waals surface area contributed by atoms with Gasteiger partial charge in [0, 0.05) is 37.9 Å². The minimum absolute atomic E-state index is 0.0397. The molecule has 2 amide bonds. The van der Waals surface area contributed by atoms with Crippen molar-refractivity contribution in [3.63, 3.8) is 0 Å². The Bertz CT molecular complexity index is 997. The Morgan fingerprint density at radius 3 is 2.34 bits per heavy atom. The second kappa shape index (κ2) is 11.7. The number of aromatic nitrogens is 1. The predicted molar refractivity (Wildman–Crippen MR) is 126 cm³/mol. The second-order valence-corrected chi connectivity index (χ2v) is 9.70. The molecule has 1 aromatic heterocycles. The van der Waals surface area contributed by atoms with Crippen LogP contribution in [0.4, 0.5) is 13.2 Å². The molecular weight excluding hydrogens is 455 g/mol. The molecule has 1 aliphatic heterocycles. The van der Waals surface area contributed by atoms with Crippen LogP contribution in [0.5, 0.6) is 0 Å². The Kier molecular flexibility index (Phi) is 8.42. The van der Waals surface area contributed by atoms with Crippen molar-refractivity contribution in [2.45, 2.75) is 69.7 Å². The van der Waals surface area contributed by atoms with Crippen molar-refractivity contribution in [3.05, 3.63) is 65.2 Å². The Morgan fingerprint density at radius 2 is 1.71 bits per heavy atom. The van der Waals surface area contributed by atoms with E-state index in [1.165, 1.54) is 0 Å². The third kappa shape index (κ3) is 6.41. The number of pyridine rings is 1. The minimum atomic E-state index is -1.52. The maximum absolute atomic E-state index is 14.0. The monoisotopic (exact) mass is 487 g/mol. The summed E-state index contributed by atoms with van der Waals surface area (Å²) in [5.41, 5.74) is 1.21. The topological polar surface area (TPSA) is 62.3 Å². The maximum atomic E-state index is 14.0. The lowest BCUT2D eigenvalue weighted by Gasteiger charge is -2.35. The summed E-state index contributed by atoms with van der Waals surface area (Å²) in [6.07, 6.45) is 10.3. The van der Waals surface area contributed by atoms with Gasteiger partial charge in [0.05, 0.1) is 5.92 Å². The Labute approximate surface area is 204 Å². The molecule has 0 spiro atoms. The quantitative estimate of drug-likeness (QED) is 0.565. The van der Waals surface area contributed by atoms with Crippen LogP contribution in [0.3, 0.4) is 0 Å². The summed E-state index contributed by atoms with van der Waals surface area (Å²) in [6.45, 7) is 1.09. The maximum Gasteiger partial charge on any atom is 0.228 e. The molecule has 2 aromatic rings. The Morgan fingerprint density at radius 1 is 1.03 bits per heavy atom. The number of carbonyl (C=O) groups is 2. The van der Waals surface area contributed by atoms with Crippen LogP contribution in [0, 0.1) is 23.4 Å². The number of aryl methyl sites for hydroxylation is 1. The summed E-state index contributed by atoms with van der Waals surface area (Å²) in [5.74, 6) is -5.02. The Hall–Kier alpha value is -2.90. The highest BCUT2D eigenvalue weighted by Gasteiger charge is 2.34. The van der Waals surface area contributed by atoms with Crippen molar-refractivity contribution < 1.29 is 22.8 Å². The lowest BCUT2D eigenvalue weighted by Crippen LogP contribution is -2.48. The van der Waals surface area contributed by atoms with Gasteiger partial charge in [0.1, 0.15) is 0 Å². The standard InChI is InChI=1S/C27H32F3N3O2/c28-22-15-20(16-23(29)26(22)30)25(19-6-2-1-3-7-19)27(35)32-21-10-13-33(14-11-21)24(34)9-8-18-5-4-12-31-17-18/h4-5,12,15-17,19,21,25H,1-3,6-11,13-14H2,(H,32,35). The molecule has 35 heavy (non-hydrogen) atoms. The molecule has 2 heterocycles. The van der Waals surface area contributed by atoms with E-state index in [2.05, 4.69) is 10.3 Å². The van der Waals surface area contributed by atoms with E-state index in [0.29, 0.717) is 38.8 Å². The smallest absolute Gasteiger partial charge is 0.228 e. The van der Waals surface area contributed by atoms with E-state index in [1.807, 2.05) is 17.0 Å². The summed E-state index contributed by atoms with van der Waals surface area (Å²) in [5, 5.41) is 3.06. The predicted octanol–water partition coefficient (Wildman–Crippen LogP) is 4.90. The molecule has 8 heteroatoms. The van der Waals surface area contributed by atoms with Crippen LogP contribution in [0.1, 0.15) is 68.4 Å². The first kappa shape index (κ1) is 25.2. The lowest BCUT2D eigenvalue weighted by atomic mass is 9.76. The van der Waals surface area contributed by atoms with Crippen molar-refractivity contribution >= 4 is 11.8 Å². The van der Waals surface area contributed by atoms with Gasteiger partial charge in [0.2, 0.25) is 11.8 Å². The SMILES string of the molecule is O=C(NC1CCN(C(=O)CCc2cccnc2)CC1)C(c1cc(F)c(F)c(F)c1)C1CCCCC1. The zero-order valence-corrected chi connectivity index (χ0v) is 19.8. The van der Waals surface area contributed by atoms with E-state index in [-0.39, 0.29) is 29.3 Å². The molecule has 0 bridgehead atoms. The van der Waals surface area contributed by atoms with E-state index in [9.17, 15) is 22.8 Å². The van der Waals surface area contributed by atoms with Gasteiger partial charge in [-0.25, -0.2) is 13.2 Å². The summed E-state index contributed by atoms with van der Waals surface area (Å²) < 4.78 is 41.5. The number of hydrogen-bond acceptors (Lipinski definition) is 3. The molecule has 188 valence electrons. The molecule has 1 unspecified atom stereocenters. The van der Waals surface area contributed by atoms with Crippen molar-refractivity contribution in [2.24, 2.45) is 5.92 Å². The zero-order valence-electron chi connectivity index (χ0n) is 19.8.